The van der Waals surface area contributed by atoms with Crippen molar-refractivity contribution < 1.29 is 0 Å². The lowest BCUT2D eigenvalue weighted by Gasteiger charge is -2.13. The fourth-order valence-corrected chi connectivity index (χ4v) is 2.25. The number of hydrogen-bond donors (Lipinski definition) is 2. The van der Waals surface area contributed by atoms with Crippen LogP contribution in [0.4, 0.5) is 5.82 Å². The van der Waals surface area contributed by atoms with Crippen LogP contribution in [0.3, 0.4) is 0 Å². The van der Waals surface area contributed by atoms with Crippen molar-refractivity contribution in [2.45, 2.75) is 43.9 Å². The van der Waals surface area contributed by atoms with E-state index in [-0.39, 0.29) is 0 Å². The van der Waals surface area contributed by atoms with Gasteiger partial charge in [0.05, 0.1) is 0 Å². The molecule has 1 aromatic heterocycles. The molecule has 0 fully saturated rings. The second-order valence-electron chi connectivity index (χ2n) is 3.34. The van der Waals surface area contributed by atoms with Crippen molar-refractivity contribution in [2.24, 2.45) is 5.84 Å². The highest BCUT2D eigenvalue weighted by molar-refractivity contribution is 7.99. The SMILES string of the molecule is CCc1c(NN)ncnc1SC(C)CC. The van der Waals surface area contributed by atoms with Gasteiger partial charge in [0.25, 0.3) is 0 Å². The molecule has 0 aliphatic heterocycles. The largest absolute Gasteiger partial charge is 0.308 e. The van der Waals surface area contributed by atoms with Gasteiger partial charge in [-0.05, 0) is 12.8 Å². The number of aromatic nitrogens is 2. The molecule has 0 aliphatic carbocycles. The van der Waals surface area contributed by atoms with E-state index >= 15 is 0 Å². The van der Waals surface area contributed by atoms with Gasteiger partial charge in [-0.2, -0.15) is 0 Å². The third-order valence-corrected chi connectivity index (χ3v) is 3.59. The summed E-state index contributed by atoms with van der Waals surface area (Å²) in [6.45, 7) is 6.45. The molecule has 4 nitrogen and oxygen atoms in total. The number of nitrogen functional groups attached to an aromatic ring is 1. The molecule has 15 heavy (non-hydrogen) atoms. The van der Waals surface area contributed by atoms with Crippen LogP contribution in [0.5, 0.6) is 0 Å². The van der Waals surface area contributed by atoms with E-state index in [1.54, 1.807) is 18.1 Å². The average Bonchev–Trinajstić information content (AvgIpc) is 2.28. The second-order valence-corrected chi connectivity index (χ2v) is 4.77. The topological polar surface area (TPSA) is 63.8 Å². The summed E-state index contributed by atoms with van der Waals surface area (Å²) in [5, 5.41) is 1.60. The molecule has 0 saturated carbocycles. The number of nitrogens with zero attached hydrogens (tertiary/aromatic N) is 2. The quantitative estimate of drug-likeness (QED) is 0.349. The average molecular weight is 226 g/mol. The molecule has 0 bridgehead atoms. The van der Waals surface area contributed by atoms with Gasteiger partial charge in [-0.1, -0.05) is 20.8 Å². The number of rotatable bonds is 5. The summed E-state index contributed by atoms with van der Waals surface area (Å²) >= 11 is 1.78. The minimum Gasteiger partial charge on any atom is -0.308 e. The molecule has 0 aliphatic rings. The van der Waals surface area contributed by atoms with E-state index in [4.69, 9.17) is 5.84 Å². The highest BCUT2D eigenvalue weighted by Gasteiger charge is 2.11. The summed E-state index contributed by atoms with van der Waals surface area (Å²) in [6.07, 6.45) is 3.57. The van der Waals surface area contributed by atoms with E-state index in [1.807, 2.05) is 0 Å². The molecule has 0 radical (unpaired) electrons. The predicted octanol–water partition coefficient (Wildman–Crippen LogP) is 2.22. The summed E-state index contributed by atoms with van der Waals surface area (Å²) in [6, 6.07) is 0. The summed E-state index contributed by atoms with van der Waals surface area (Å²) in [7, 11) is 0. The molecule has 0 aromatic carbocycles. The predicted molar refractivity (Wildman–Crippen MR) is 64.8 cm³/mol. The Morgan fingerprint density at radius 1 is 1.47 bits per heavy atom. The van der Waals surface area contributed by atoms with Crippen LogP contribution >= 0.6 is 11.8 Å². The third-order valence-electron chi connectivity index (χ3n) is 2.28. The minimum atomic E-state index is 0.566. The summed E-state index contributed by atoms with van der Waals surface area (Å²) in [4.78, 5) is 8.40. The summed E-state index contributed by atoms with van der Waals surface area (Å²) in [5.74, 6) is 6.14. The van der Waals surface area contributed by atoms with Crippen LogP contribution in [0.2, 0.25) is 0 Å². The van der Waals surface area contributed by atoms with E-state index in [2.05, 4.69) is 36.2 Å². The van der Waals surface area contributed by atoms with Gasteiger partial charge in [-0.25, -0.2) is 15.8 Å². The van der Waals surface area contributed by atoms with E-state index in [1.165, 1.54) is 0 Å². The minimum absolute atomic E-state index is 0.566. The molecule has 3 N–H and O–H groups in total. The first-order chi connectivity index (χ1) is 7.22. The molecule has 1 rings (SSSR count). The number of hydrogen-bond acceptors (Lipinski definition) is 5. The molecule has 1 unspecified atom stereocenters. The smallest absolute Gasteiger partial charge is 0.147 e. The number of anilines is 1. The van der Waals surface area contributed by atoms with Crippen LogP contribution in [-0.4, -0.2) is 15.2 Å². The van der Waals surface area contributed by atoms with Crippen LogP contribution in [0.25, 0.3) is 0 Å². The van der Waals surface area contributed by atoms with Gasteiger partial charge in [-0.15, -0.1) is 11.8 Å². The first-order valence-corrected chi connectivity index (χ1v) is 6.08. The lowest BCUT2D eigenvalue weighted by molar-refractivity contribution is 0.886. The maximum atomic E-state index is 5.41. The summed E-state index contributed by atoms with van der Waals surface area (Å²) in [5.41, 5.74) is 3.72. The monoisotopic (exact) mass is 226 g/mol. The zero-order valence-corrected chi connectivity index (χ0v) is 10.3. The molecular formula is C10H18N4S. The fourth-order valence-electron chi connectivity index (χ4n) is 1.21. The molecule has 84 valence electrons. The second kappa shape index (κ2) is 5.92. The number of nitrogens with one attached hydrogen (secondary N) is 1. The summed E-state index contributed by atoms with van der Waals surface area (Å²) < 4.78 is 0. The zero-order valence-electron chi connectivity index (χ0n) is 9.45. The zero-order chi connectivity index (χ0) is 11.3. The van der Waals surface area contributed by atoms with Gasteiger partial charge in [0.15, 0.2) is 0 Å². The first kappa shape index (κ1) is 12.3. The maximum Gasteiger partial charge on any atom is 0.147 e. The Hall–Kier alpha value is -0.810. The van der Waals surface area contributed by atoms with Gasteiger partial charge in [0, 0.05) is 10.8 Å². The van der Waals surface area contributed by atoms with Gasteiger partial charge in [0.2, 0.25) is 0 Å². The van der Waals surface area contributed by atoms with Crippen molar-refractivity contribution in [3.8, 4) is 0 Å². The molecule has 0 spiro atoms. The number of thioether (sulfide) groups is 1. The van der Waals surface area contributed by atoms with Crippen molar-refractivity contribution in [3.63, 3.8) is 0 Å². The van der Waals surface area contributed by atoms with Crippen LogP contribution < -0.4 is 11.3 Å². The third kappa shape index (κ3) is 3.07. The van der Waals surface area contributed by atoms with E-state index in [0.717, 1.165) is 29.2 Å². The Kier molecular flexibility index (Phi) is 4.84. The van der Waals surface area contributed by atoms with Crippen molar-refractivity contribution in [2.75, 3.05) is 5.43 Å². The number of hydrazine groups is 1. The molecule has 1 heterocycles. The Balaban J connectivity index is 2.95. The highest BCUT2D eigenvalue weighted by Crippen LogP contribution is 2.29. The van der Waals surface area contributed by atoms with Gasteiger partial charge in [0.1, 0.15) is 17.2 Å². The van der Waals surface area contributed by atoms with Crippen molar-refractivity contribution in [1.82, 2.24) is 9.97 Å². The molecule has 1 aromatic rings. The molecular weight excluding hydrogens is 208 g/mol. The van der Waals surface area contributed by atoms with Gasteiger partial charge >= 0.3 is 0 Å². The lowest BCUT2D eigenvalue weighted by Crippen LogP contribution is -2.12. The normalized spacial score (nSPS) is 12.5. The highest BCUT2D eigenvalue weighted by atomic mass is 32.2. The Labute approximate surface area is 95.0 Å². The number of nitrogens with two attached hydrogens (primary N) is 1. The molecule has 0 amide bonds. The van der Waals surface area contributed by atoms with E-state index < -0.39 is 0 Å². The van der Waals surface area contributed by atoms with Crippen LogP contribution in [-0.2, 0) is 6.42 Å². The van der Waals surface area contributed by atoms with Crippen molar-refractivity contribution in [3.05, 3.63) is 11.9 Å². The van der Waals surface area contributed by atoms with Crippen LogP contribution in [0.1, 0.15) is 32.8 Å². The fraction of sp³-hybridized carbons (Fsp3) is 0.600. The Morgan fingerprint density at radius 3 is 2.73 bits per heavy atom. The van der Waals surface area contributed by atoms with Crippen molar-refractivity contribution >= 4 is 17.6 Å². The van der Waals surface area contributed by atoms with Crippen molar-refractivity contribution in [1.29, 1.82) is 0 Å². The standard InChI is InChI=1S/C10H18N4S/c1-4-7(3)15-10-8(5-2)9(14-11)12-6-13-10/h6-7H,4-5,11H2,1-3H3,(H,12,13,14). The lowest BCUT2D eigenvalue weighted by atomic mass is 10.2. The Morgan fingerprint density at radius 2 is 2.20 bits per heavy atom. The maximum absolute atomic E-state index is 5.41. The van der Waals surface area contributed by atoms with Gasteiger partial charge in [-0.3, -0.25) is 0 Å². The van der Waals surface area contributed by atoms with E-state index in [9.17, 15) is 0 Å². The van der Waals surface area contributed by atoms with Crippen LogP contribution in [0.15, 0.2) is 11.4 Å². The Bertz CT molecular complexity index is 316. The van der Waals surface area contributed by atoms with Gasteiger partial charge < -0.3 is 5.43 Å². The molecule has 0 saturated heterocycles. The van der Waals surface area contributed by atoms with Crippen LogP contribution in [0, 0.1) is 0 Å². The molecule has 1 atom stereocenters. The molecule has 5 heteroatoms. The first-order valence-electron chi connectivity index (χ1n) is 5.20. The van der Waals surface area contributed by atoms with E-state index in [0.29, 0.717) is 5.25 Å².